The molecule has 6 heteroatoms. The molecule has 0 saturated heterocycles. The maximum absolute atomic E-state index is 4.70. The fourth-order valence-electron chi connectivity index (χ4n) is 2.34. The predicted molar refractivity (Wildman–Crippen MR) is 101 cm³/mol. The summed E-state index contributed by atoms with van der Waals surface area (Å²) in [4.78, 5) is 14.0. The molecule has 0 atom stereocenters. The van der Waals surface area contributed by atoms with Crippen molar-refractivity contribution in [1.29, 1.82) is 0 Å². The molecule has 1 heterocycles. The number of aliphatic imine (C=N–C) groups is 2. The van der Waals surface area contributed by atoms with Crippen LogP contribution in [-0.4, -0.2) is 16.4 Å². The summed E-state index contributed by atoms with van der Waals surface area (Å²) in [6, 6.07) is 25.7. The quantitative estimate of drug-likeness (QED) is 0.495. The number of benzene rings is 2. The summed E-state index contributed by atoms with van der Waals surface area (Å²) in [5, 5.41) is 0. The van der Waals surface area contributed by atoms with Crippen molar-refractivity contribution in [2.45, 2.75) is 13.8 Å². The second-order valence-corrected chi connectivity index (χ2v) is 5.47. The topological polar surface area (TPSA) is 37.6 Å². The molecule has 27 heavy (non-hydrogen) atoms. The minimum atomic E-state index is 0. The van der Waals surface area contributed by atoms with Crippen LogP contribution in [0.25, 0.3) is 0 Å². The van der Waals surface area contributed by atoms with Gasteiger partial charge in [0.25, 0.3) is 0 Å². The van der Waals surface area contributed by atoms with Crippen LogP contribution in [-0.2, 0) is 16.8 Å². The summed E-state index contributed by atoms with van der Waals surface area (Å²) >= 11 is 0. The molecule has 2 aromatic carbocycles. The molecular formula is C21H19Cl2CoN3. The van der Waals surface area contributed by atoms with Crippen LogP contribution in [0.4, 0.5) is 11.4 Å². The third kappa shape index (κ3) is 7.27. The zero-order valence-electron chi connectivity index (χ0n) is 14.9. The van der Waals surface area contributed by atoms with Crippen LogP contribution in [0.3, 0.4) is 0 Å². The van der Waals surface area contributed by atoms with Crippen LogP contribution in [0.1, 0.15) is 25.2 Å². The Morgan fingerprint density at radius 1 is 0.593 bits per heavy atom. The van der Waals surface area contributed by atoms with Gasteiger partial charge in [-0.15, -0.1) is 0 Å². The van der Waals surface area contributed by atoms with Crippen molar-refractivity contribution >= 4 is 22.8 Å². The molecule has 3 nitrogen and oxygen atoms in total. The Balaban J connectivity index is 0.00000225. The zero-order valence-corrected chi connectivity index (χ0v) is 17.5. The summed E-state index contributed by atoms with van der Waals surface area (Å²) in [5.41, 5.74) is 5.35. The molecule has 1 radical (unpaired) electrons. The van der Waals surface area contributed by atoms with Crippen LogP contribution in [0.2, 0.25) is 0 Å². The number of rotatable bonds is 4. The molecule has 0 spiro atoms. The number of pyridine rings is 1. The summed E-state index contributed by atoms with van der Waals surface area (Å²) in [6.07, 6.45) is 0. The molecule has 3 aromatic rings. The van der Waals surface area contributed by atoms with E-state index >= 15 is 0 Å². The van der Waals surface area contributed by atoms with Gasteiger partial charge in [0, 0.05) is 0 Å². The van der Waals surface area contributed by atoms with Gasteiger partial charge in [0.05, 0.1) is 34.2 Å². The Kier molecular flexibility index (Phi) is 11.5. The first-order chi connectivity index (χ1) is 11.7. The second kappa shape index (κ2) is 12.4. The van der Waals surface area contributed by atoms with Crippen LogP contribution in [0, 0.1) is 0 Å². The molecular weight excluding hydrogens is 424 g/mol. The van der Waals surface area contributed by atoms with Gasteiger partial charge in [0.2, 0.25) is 0 Å². The monoisotopic (exact) mass is 442 g/mol. The number of para-hydroxylation sites is 2. The average Bonchev–Trinajstić information content (AvgIpc) is 2.63. The molecule has 0 fully saturated rings. The fourth-order valence-corrected chi connectivity index (χ4v) is 2.34. The Morgan fingerprint density at radius 2 is 0.963 bits per heavy atom. The van der Waals surface area contributed by atoms with Crippen LogP contribution < -0.4 is 24.8 Å². The van der Waals surface area contributed by atoms with Crippen molar-refractivity contribution in [3.8, 4) is 0 Å². The molecule has 0 saturated carbocycles. The molecule has 0 amide bonds. The van der Waals surface area contributed by atoms with Crippen LogP contribution in [0.15, 0.2) is 88.8 Å². The van der Waals surface area contributed by atoms with E-state index < -0.39 is 0 Å². The van der Waals surface area contributed by atoms with Gasteiger partial charge in [0.15, 0.2) is 0 Å². The summed E-state index contributed by atoms with van der Waals surface area (Å²) in [7, 11) is 0. The van der Waals surface area contributed by atoms with Gasteiger partial charge in [-0.25, -0.2) is 4.98 Å². The summed E-state index contributed by atoms with van der Waals surface area (Å²) in [6.45, 7) is 3.95. The van der Waals surface area contributed by atoms with E-state index in [0.717, 1.165) is 34.2 Å². The van der Waals surface area contributed by atoms with Crippen molar-refractivity contribution in [2.24, 2.45) is 9.98 Å². The standard InChI is InChI=1S/C21H19N3.2ClH.Co/c1-16(22-18-10-5-3-6-11-18)20-14-9-15-21(24-20)17(2)23-19-12-7-4-8-13-19;;;/h3-15H,1-2H3;2*1H;/q;;;+2/p-2. The van der Waals surface area contributed by atoms with Gasteiger partial charge < -0.3 is 24.8 Å². The molecule has 0 aliphatic carbocycles. The van der Waals surface area contributed by atoms with E-state index in [9.17, 15) is 0 Å². The fraction of sp³-hybridized carbons (Fsp3) is 0.0952. The number of hydrogen-bond acceptors (Lipinski definition) is 3. The van der Waals surface area contributed by atoms with Gasteiger partial charge in [0.1, 0.15) is 0 Å². The van der Waals surface area contributed by atoms with Crippen LogP contribution >= 0.6 is 0 Å². The Morgan fingerprint density at radius 3 is 1.33 bits per heavy atom. The zero-order chi connectivity index (χ0) is 16.8. The largest absolute Gasteiger partial charge is 2.00 e. The molecule has 3 rings (SSSR count). The number of hydrogen-bond donors (Lipinski definition) is 0. The Bertz CT molecular complexity index is 811. The molecule has 1 aromatic heterocycles. The smallest absolute Gasteiger partial charge is 1.00 e. The first-order valence-corrected chi connectivity index (χ1v) is 7.91. The first kappa shape index (κ1) is 25.0. The number of nitrogens with zero attached hydrogens (tertiary/aromatic N) is 3. The van der Waals surface area contributed by atoms with E-state index in [1.54, 1.807) is 0 Å². The third-order valence-corrected chi connectivity index (χ3v) is 3.60. The Hall–Kier alpha value is -1.98. The van der Waals surface area contributed by atoms with E-state index in [4.69, 9.17) is 4.98 Å². The number of halogens is 2. The first-order valence-electron chi connectivity index (χ1n) is 7.91. The van der Waals surface area contributed by atoms with Gasteiger partial charge in [-0.05, 0) is 50.2 Å². The van der Waals surface area contributed by atoms with Crippen LogP contribution in [0.5, 0.6) is 0 Å². The molecule has 0 unspecified atom stereocenters. The molecule has 0 N–H and O–H groups in total. The minimum Gasteiger partial charge on any atom is -1.00 e. The third-order valence-electron chi connectivity index (χ3n) is 3.60. The van der Waals surface area contributed by atoms with E-state index in [0.29, 0.717) is 0 Å². The molecule has 141 valence electrons. The molecule has 0 bridgehead atoms. The SMILES string of the molecule is CC(=Nc1ccccc1)c1cccc(C(C)=Nc2ccccc2)n1.[Cl-].[Cl-].[Co+2]. The predicted octanol–water partition coefficient (Wildman–Crippen LogP) is -0.631. The second-order valence-electron chi connectivity index (χ2n) is 5.47. The van der Waals surface area contributed by atoms with Crippen molar-refractivity contribution in [2.75, 3.05) is 0 Å². The van der Waals surface area contributed by atoms with Crippen molar-refractivity contribution < 1.29 is 41.6 Å². The van der Waals surface area contributed by atoms with E-state index in [2.05, 4.69) is 9.98 Å². The molecule has 0 aliphatic rings. The van der Waals surface area contributed by atoms with E-state index in [-0.39, 0.29) is 41.6 Å². The maximum Gasteiger partial charge on any atom is 2.00 e. The average molecular weight is 443 g/mol. The van der Waals surface area contributed by atoms with Crippen molar-refractivity contribution in [3.63, 3.8) is 0 Å². The van der Waals surface area contributed by atoms with E-state index in [1.165, 1.54) is 0 Å². The Labute approximate surface area is 183 Å². The maximum atomic E-state index is 4.70. The van der Waals surface area contributed by atoms with Gasteiger partial charge in [-0.2, -0.15) is 0 Å². The van der Waals surface area contributed by atoms with Gasteiger partial charge in [-0.3, -0.25) is 9.98 Å². The normalized spacial score (nSPS) is 10.9. The van der Waals surface area contributed by atoms with E-state index in [1.807, 2.05) is 92.7 Å². The van der Waals surface area contributed by atoms with Crippen molar-refractivity contribution in [1.82, 2.24) is 4.98 Å². The summed E-state index contributed by atoms with van der Waals surface area (Å²) in [5.74, 6) is 0. The summed E-state index contributed by atoms with van der Waals surface area (Å²) < 4.78 is 0. The molecule has 0 aliphatic heterocycles. The van der Waals surface area contributed by atoms with Gasteiger partial charge >= 0.3 is 16.8 Å². The van der Waals surface area contributed by atoms with Crippen molar-refractivity contribution in [3.05, 3.63) is 90.3 Å². The van der Waals surface area contributed by atoms with Gasteiger partial charge in [-0.1, -0.05) is 42.5 Å². The minimum absolute atomic E-state index is 0. The number of aromatic nitrogens is 1.